The molecule has 0 radical (unpaired) electrons. The van der Waals surface area contributed by atoms with Gasteiger partial charge in [0.1, 0.15) is 0 Å². The number of hydrogen-bond acceptors (Lipinski definition) is 3. The Balaban J connectivity index is 1.59. The molecule has 122 valence electrons. The van der Waals surface area contributed by atoms with E-state index >= 15 is 0 Å². The Bertz CT molecular complexity index is 751. The SMILES string of the molecule is CN(Cc1ccccc1)C(=O)CCN1C(=O)c2ccccc2C1=O. The van der Waals surface area contributed by atoms with Crippen LogP contribution in [0.1, 0.15) is 32.7 Å². The molecule has 24 heavy (non-hydrogen) atoms. The average Bonchev–Trinajstić information content (AvgIpc) is 2.85. The van der Waals surface area contributed by atoms with E-state index < -0.39 is 0 Å². The number of fused-ring (bicyclic) bond motifs is 1. The number of rotatable bonds is 5. The summed E-state index contributed by atoms with van der Waals surface area (Å²) in [4.78, 5) is 39.5. The maximum atomic E-state index is 12.3. The molecule has 0 N–H and O–H groups in total. The van der Waals surface area contributed by atoms with Crippen molar-refractivity contribution < 1.29 is 14.4 Å². The van der Waals surface area contributed by atoms with Gasteiger partial charge >= 0.3 is 0 Å². The minimum Gasteiger partial charge on any atom is -0.341 e. The van der Waals surface area contributed by atoms with Crippen LogP contribution in [0.15, 0.2) is 54.6 Å². The summed E-state index contributed by atoms with van der Waals surface area (Å²) in [6, 6.07) is 16.4. The molecule has 0 fully saturated rings. The van der Waals surface area contributed by atoms with Gasteiger partial charge in [-0.3, -0.25) is 19.3 Å². The van der Waals surface area contributed by atoms with Gasteiger partial charge in [-0.05, 0) is 17.7 Å². The lowest BCUT2D eigenvalue weighted by molar-refractivity contribution is -0.130. The van der Waals surface area contributed by atoms with Gasteiger partial charge in [0.15, 0.2) is 0 Å². The van der Waals surface area contributed by atoms with Crippen LogP contribution in [-0.4, -0.2) is 41.1 Å². The van der Waals surface area contributed by atoms with Crippen molar-refractivity contribution in [3.05, 3.63) is 71.3 Å². The smallest absolute Gasteiger partial charge is 0.261 e. The standard InChI is InChI=1S/C19H18N2O3/c1-20(13-14-7-3-2-4-8-14)17(22)11-12-21-18(23)15-9-5-6-10-16(15)19(21)24/h2-10H,11-13H2,1H3. The van der Waals surface area contributed by atoms with E-state index in [0.717, 1.165) is 10.5 Å². The third kappa shape index (κ3) is 3.06. The van der Waals surface area contributed by atoms with Crippen molar-refractivity contribution in [2.24, 2.45) is 0 Å². The Morgan fingerprint density at radius 1 is 0.917 bits per heavy atom. The molecule has 1 aliphatic rings. The van der Waals surface area contributed by atoms with Crippen LogP contribution in [-0.2, 0) is 11.3 Å². The maximum Gasteiger partial charge on any atom is 0.261 e. The van der Waals surface area contributed by atoms with Crippen LogP contribution >= 0.6 is 0 Å². The van der Waals surface area contributed by atoms with Crippen LogP contribution < -0.4 is 0 Å². The van der Waals surface area contributed by atoms with E-state index in [-0.39, 0.29) is 30.7 Å². The first-order chi connectivity index (χ1) is 11.6. The predicted octanol–water partition coefficient (Wildman–Crippen LogP) is 2.33. The Kier molecular flexibility index (Phi) is 4.42. The van der Waals surface area contributed by atoms with Gasteiger partial charge in [-0.15, -0.1) is 0 Å². The van der Waals surface area contributed by atoms with E-state index in [0.29, 0.717) is 17.7 Å². The topological polar surface area (TPSA) is 57.7 Å². The van der Waals surface area contributed by atoms with E-state index in [1.807, 2.05) is 30.3 Å². The van der Waals surface area contributed by atoms with E-state index in [2.05, 4.69) is 0 Å². The number of nitrogens with zero attached hydrogens (tertiary/aromatic N) is 2. The molecular formula is C19H18N2O3. The largest absolute Gasteiger partial charge is 0.341 e. The summed E-state index contributed by atoms with van der Waals surface area (Å²) in [6.45, 7) is 0.603. The van der Waals surface area contributed by atoms with Crippen molar-refractivity contribution >= 4 is 17.7 Å². The van der Waals surface area contributed by atoms with Gasteiger partial charge in [-0.1, -0.05) is 42.5 Å². The molecule has 3 rings (SSSR count). The van der Waals surface area contributed by atoms with E-state index in [4.69, 9.17) is 0 Å². The van der Waals surface area contributed by atoms with Crippen molar-refractivity contribution in [1.29, 1.82) is 0 Å². The summed E-state index contributed by atoms with van der Waals surface area (Å²) in [5.74, 6) is -0.751. The summed E-state index contributed by atoms with van der Waals surface area (Å²) in [7, 11) is 1.72. The highest BCUT2D eigenvalue weighted by molar-refractivity contribution is 6.21. The lowest BCUT2D eigenvalue weighted by atomic mass is 10.1. The van der Waals surface area contributed by atoms with Crippen LogP contribution in [0.3, 0.4) is 0 Å². The zero-order valence-corrected chi connectivity index (χ0v) is 13.4. The van der Waals surface area contributed by atoms with Gasteiger partial charge < -0.3 is 4.90 Å². The van der Waals surface area contributed by atoms with Gasteiger partial charge in [-0.25, -0.2) is 0 Å². The summed E-state index contributed by atoms with van der Waals surface area (Å²) in [6.07, 6.45) is 0.120. The quantitative estimate of drug-likeness (QED) is 0.794. The Hall–Kier alpha value is -2.95. The summed E-state index contributed by atoms with van der Waals surface area (Å²) in [5.41, 5.74) is 1.86. The molecule has 1 aliphatic heterocycles. The molecule has 0 bridgehead atoms. The van der Waals surface area contributed by atoms with Crippen LogP contribution in [0.5, 0.6) is 0 Å². The number of benzene rings is 2. The molecule has 5 heteroatoms. The van der Waals surface area contributed by atoms with E-state index in [9.17, 15) is 14.4 Å². The molecule has 0 saturated heterocycles. The fourth-order valence-electron chi connectivity index (χ4n) is 2.79. The predicted molar refractivity (Wildman–Crippen MR) is 89.3 cm³/mol. The number of hydrogen-bond donors (Lipinski definition) is 0. The lowest BCUT2D eigenvalue weighted by Gasteiger charge is -2.19. The third-order valence-electron chi connectivity index (χ3n) is 4.12. The molecule has 0 aliphatic carbocycles. The first-order valence-electron chi connectivity index (χ1n) is 7.81. The van der Waals surface area contributed by atoms with Crippen LogP contribution in [0.2, 0.25) is 0 Å². The molecule has 0 aromatic heterocycles. The van der Waals surface area contributed by atoms with Gasteiger partial charge in [-0.2, -0.15) is 0 Å². The van der Waals surface area contributed by atoms with Crippen LogP contribution in [0.4, 0.5) is 0 Å². The molecule has 3 amide bonds. The minimum atomic E-state index is -0.325. The molecule has 2 aromatic rings. The first-order valence-corrected chi connectivity index (χ1v) is 7.81. The number of amides is 3. The normalized spacial score (nSPS) is 13.1. The molecule has 2 aromatic carbocycles. The summed E-state index contributed by atoms with van der Waals surface area (Å²) >= 11 is 0. The average molecular weight is 322 g/mol. The first kappa shape index (κ1) is 15.9. The lowest BCUT2D eigenvalue weighted by Crippen LogP contribution is -2.35. The fraction of sp³-hybridized carbons (Fsp3) is 0.211. The molecule has 0 atom stereocenters. The van der Waals surface area contributed by atoms with Crippen LogP contribution in [0.25, 0.3) is 0 Å². The Labute approximate surface area is 140 Å². The van der Waals surface area contributed by atoms with E-state index in [1.54, 1.807) is 36.2 Å². The summed E-state index contributed by atoms with van der Waals surface area (Å²) < 4.78 is 0. The Morgan fingerprint density at radius 2 is 1.46 bits per heavy atom. The van der Waals surface area contributed by atoms with Crippen molar-refractivity contribution in [1.82, 2.24) is 9.80 Å². The molecule has 0 saturated carbocycles. The van der Waals surface area contributed by atoms with E-state index in [1.165, 1.54) is 0 Å². The minimum absolute atomic E-state index is 0.101. The van der Waals surface area contributed by atoms with Crippen molar-refractivity contribution in [2.45, 2.75) is 13.0 Å². The molecular weight excluding hydrogens is 304 g/mol. The highest BCUT2D eigenvalue weighted by Crippen LogP contribution is 2.22. The Morgan fingerprint density at radius 3 is 2.04 bits per heavy atom. The van der Waals surface area contributed by atoms with Gasteiger partial charge in [0.05, 0.1) is 11.1 Å². The molecule has 0 spiro atoms. The molecule has 5 nitrogen and oxygen atoms in total. The van der Waals surface area contributed by atoms with Gasteiger partial charge in [0.25, 0.3) is 11.8 Å². The second-order valence-electron chi connectivity index (χ2n) is 5.79. The van der Waals surface area contributed by atoms with Crippen molar-refractivity contribution in [3.63, 3.8) is 0 Å². The second-order valence-corrected chi connectivity index (χ2v) is 5.79. The molecule has 1 heterocycles. The zero-order valence-electron chi connectivity index (χ0n) is 13.4. The van der Waals surface area contributed by atoms with Crippen LogP contribution in [0, 0.1) is 0 Å². The number of imide groups is 1. The fourth-order valence-corrected chi connectivity index (χ4v) is 2.79. The number of carbonyl (C=O) groups excluding carboxylic acids is 3. The van der Waals surface area contributed by atoms with Gasteiger partial charge in [0.2, 0.25) is 5.91 Å². The highest BCUT2D eigenvalue weighted by Gasteiger charge is 2.35. The maximum absolute atomic E-state index is 12.3. The zero-order chi connectivity index (χ0) is 17.1. The second kappa shape index (κ2) is 6.66. The summed E-state index contributed by atoms with van der Waals surface area (Å²) in [5, 5.41) is 0. The molecule has 0 unspecified atom stereocenters. The van der Waals surface area contributed by atoms with Crippen molar-refractivity contribution in [3.8, 4) is 0 Å². The number of carbonyl (C=O) groups is 3. The highest BCUT2D eigenvalue weighted by atomic mass is 16.2. The van der Waals surface area contributed by atoms with Gasteiger partial charge in [0, 0.05) is 26.6 Å². The van der Waals surface area contributed by atoms with Crippen molar-refractivity contribution in [2.75, 3.05) is 13.6 Å². The monoisotopic (exact) mass is 322 g/mol. The third-order valence-corrected chi connectivity index (χ3v) is 4.12.